The molecule has 0 bridgehead atoms. The van der Waals surface area contributed by atoms with Crippen molar-refractivity contribution in [3.63, 3.8) is 0 Å². The normalized spacial score (nSPS) is 11.7. The van der Waals surface area contributed by atoms with Gasteiger partial charge in [0.15, 0.2) is 11.5 Å². The van der Waals surface area contributed by atoms with Crippen molar-refractivity contribution in [1.29, 1.82) is 0 Å². The Morgan fingerprint density at radius 1 is 1.12 bits per heavy atom. The van der Waals surface area contributed by atoms with Gasteiger partial charge >= 0.3 is 0 Å². The molecular formula is C22H20N8O3S. The number of hydrogen-bond acceptors (Lipinski definition) is 7. The Balaban J connectivity index is 1.64. The molecule has 0 saturated heterocycles. The van der Waals surface area contributed by atoms with Gasteiger partial charge in [0.2, 0.25) is 10.0 Å². The van der Waals surface area contributed by atoms with Crippen LogP contribution in [-0.4, -0.2) is 57.3 Å². The summed E-state index contributed by atoms with van der Waals surface area (Å²) < 4.78 is 27.3. The van der Waals surface area contributed by atoms with Gasteiger partial charge in [-0.1, -0.05) is 6.07 Å². The number of carbonyl (C=O) groups excluding carboxylic acids is 1. The number of rotatable bonds is 5. The first kappa shape index (κ1) is 21.5. The van der Waals surface area contributed by atoms with Crippen molar-refractivity contribution in [1.82, 2.24) is 35.0 Å². The Hall–Kier alpha value is -4.32. The van der Waals surface area contributed by atoms with Gasteiger partial charge in [-0.15, -0.1) is 0 Å². The topological polar surface area (TPSA) is 148 Å². The molecule has 1 aromatic carbocycles. The van der Waals surface area contributed by atoms with Gasteiger partial charge in [0, 0.05) is 37.6 Å². The quantitative estimate of drug-likeness (QED) is 0.352. The number of fused-ring (bicyclic) bond motifs is 2. The summed E-state index contributed by atoms with van der Waals surface area (Å²) in [4.78, 5) is 28.9. The standard InChI is InChI=1S/C22H20N8O3S/c1-23-22(31)15-5-4-6-17-18(15)27-20(26-17)19-16-8-13(10-25-21(16)30(2)28-19)12-7-14(11-24-9-12)29-34(3,32)33/h4-11,29H,1-3H3,(H,23,31)(H,26,27). The van der Waals surface area contributed by atoms with Crippen LogP contribution < -0.4 is 10.0 Å². The third-order valence-corrected chi connectivity index (χ3v) is 5.87. The van der Waals surface area contributed by atoms with Crippen molar-refractivity contribution in [2.45, 2.75) is 0 Å². The van der Waals surface area contributed by atoms with Crippen molar-refractivity contribution in [3.8, 4) is 22.6 Å². The zero-order valence-electron chi connectivity index (χ0n) is 18.5. The molecule has 0 saturated carbocycles. The Kier molecular flexibility index (Phi) is 5.01. The van der Waals surface area contributed by atoms with E-state index < -0.39 is 10.0 Å². The first-order valence-electron chi connectivity index (χ1n) is 10.2. The molecule has 34 heavy (non-hydrogen) atoms. The van der Waals surface area contributed by atoms with Crippen LogP contribution in [0.3, 0.4) is 0 Å². The van der Waals surface area contributed by atoms with E-state index in [2.05, 4.69) is 35.1 Å². The number of carbonyl (C=O) groups is 1. The van der Waals surface area contributed by atoms with E-state index in [1.165, 1.54) is 6.20 Å². The van der Waals surface area contributed by atoms with Gasteiger partial charge in [0.05, 0.1) is 34.6 Å². The minimum absolute atomic E-state index is 0.228. The van der Waals surface area contributed by atoms with Crippen LogP contribution in [0.25, 0.3) is 44.7 Å². The first-order chi connectivity index (χ1) is 16.2. The number of amides is 1. The van der Waals surface area contributed by atoms with Crippen molar-refractivity contribution in [2.75, 3.05) is 18.0 Å². The van der Waals surface area contributed by atoms with Gasteiger partial charge < -0.3 is 10.3 Å². The van der Waals surface area contributed by atoms with Gasteiger partial charge in [-0.2, -0.15) is 5.10 Å². The molecule has 5 aromatic rings. The van der Waals surface area contributed by atoms with Crippen LogP contribution >= 0.6 is 0 Å². The van der Waals surface area contributed by atoms with Crippen LogP contribution in [0.5, 0.6) is 0 Å². The summed E-state index contributed by atoms with van der Waals surface area (Å²) in [5.41, 5.74) is 4.70. The molecule has 1 amide bonds. The van der Waals surface area contributed by atoms with Crippen LogP contribution in [0.4, 0.5) is 5.69 Å². The summed E-state index contributed by atoms with van der Waals surface area (Å²) in [6.07, 6.45) is 5.82. The lowest BCUT2D eigenvalue weighted by molar-refractivity contribution is 0.0964. The number of nitrogens with one attached hydrogen (secondary N) is 3. The third kappa shape index (κ3) is 3.83. The number of hydrogen-bond donors (Lipinski definition) is 3. The predicted molar refractivity (Wildman–Crippen MR) is 129 cm³/mol. The number of anilines is 1. The summed E-state index contributed by atoms with van der Waals surface area (Å²) >= 11 is 0. The SMILES string of the molecule is CNC(=O)c1cccc2[nH]c(-c3nn(C)c4ncc(-c5cncc(NS(C)(=O)=O)c5)cc34)nc12. The lowest BCUT2D eigenvalue weighted by Crippen LogP contribution is -2.18. The fourth-order valence-electron chi connectivity index (χ4n) is 3.80. The molecule has 0 fully saturated rings. The van der Waals surface area contributed by atoms with E-state index in [1.54, 1.807) is 49.4 Å². The van der Waals surface area contributed by atoms with Gasteiger partial charge in [0.25, 0.3) is 5.91 Å². The van der Waals surface area contributed by atoms with E-state index in [0.717, 1.165) is 17.2 Å². The molecule has 0 atom stereocenters. The Morgan fingerprint density at radius 2 is 1.91 bits per heavy atom. The second-order valence-electron chi connectivity index (χ2n) is 7.77. The number of para-hydroxylation sites is 1. The molecule has 0 spiro atoms. The van der Waals surface area contributed by atoms with Crippen LogP contribution in [0.1, 0.15) is 10.4 Å². The Labute approximate surface area is 194 Å². The lowest BCUT2D eigenvalue weighted by Gasteiger charge is -2.06. The van der Waals surface area contributed by atoms with Crippen molar-refractivity contribution < 1.29 is 13.2 Å². The van der Waals surface area contributed by atoms with Gasteiger partial charge in [-0.3, -0.25) is 14.5 Å². The zero-order valence-corrected chi connectivity index (χ0v) is 19.3. The maximum Gasteiger partial charge on any atom is 0.253 e. The number of pyridine rings is 2. The van der Waals surface area contributed by atoms with Crippen LogP contribution in [-0.2, 0) is 17.1 Å². The van der Waals surface area contributed by atoms with E-state index in [-0.39, 0.29) is 5.91 Å². The highest BCUT2D eigenvalue weighted by Crippen LogP contribution is 2.31. The molecule has 0 radical (unpaired) electrons. The predicted octanol–water partition coefficient (Wildman–Crippen LogP) is 2.30. The fourth-order valence-corrected chi connectivity index (χ4v) is 4.34. The molecule has 3 N–H and O–H groups in total. The summed E-state index contributed by atoms with van der Waals surface area (Å²) in [6.45, 7) is 0. The van der Waals surface area contributed by atoms with Crippen molar-refractivity contribution >= 4 is 43.7 Å². The number of imidazole rings is 1. The van der Waals surface area contributed by atoms with E-state index >= 15 is 0 Å². The number of sulfonamides is 1. The summed E-state index contributed by atoms with van der Waals surface area (Å²) in [6, 6.07) is 8.93. The molecule has 11 nitrogen and oxygen atoms in total. The molecule has 0 aliphatic carbocycles. The number of aryl methyl sites for hydroxylation is 1. The van der Waals surface area contributed by atoms with E-state index in [9.17, 15) is 13.2 Å². The molecule has 172 valence electrons. The lowest BCUT2D eigenvalue weighted by atomic mass is 10.1. The molecule has 12 heteroatoms. The molecule has 4 heterocycles. The summed E-state index contributed by atoms with van der Waals surface area (Å²) in [5.74, 6) is 0.273. The Bertz CT molecular complexity index is 1690. The second kappa shape index (κ2) is 7.92. The molecular weight excluding hydrogens is 456 g/mol. The van der Waals surface area contributed by atoms with Crippen molar-refractivity contribution in [2.24, 2.45) is 7.05 Å². The van der Waals surface area contributed by atoms with Crippen LogP contribution in [0, 0.1) is 0 Å². The van der Waals surface area contributed by atoms with Crippen molar-refractivity contribution in [3.05, 3.63) is 54.5 Å². The first-order valence-corrected chi connectivity index (χ1v) is 12.1. The Morgan fingerprint density at radius 3 is 2.68 bits per heavy atom. The van der Waals surface area contributed by atoms with Crippen LogP contribution in [0.15, 0.2) is 48.9 Å². The molecule has 5 rings (SSSR count). The fraction of sp³-hybridized carbons (Fsp3) is 0.136. The number of benzene rings is 1. The number of aromatic nitrogens is 6. The van der Waals surface area contributed by atoms with Gasteiger partial charge in [-0.05, 0) is 24.3 Å². The highest BCUT2D eigenvalue weighted by atomic mass is 32.2. The second-order valence-corrected chi connectivity index (χ2v) is 9.52. The molecule has 0 aliphatic heterocycles. The number of H-pyrrole nitrogens is 1. The summed E-state index contributed by atoms with van der Waals surface area (Å²) in [7, 11) is -0.0746. The maximum atomic E-state index is 12.3. The average molecular weight is 477 g/mol. The number of aromatic amines is 1. The highest BCUT2D eigenvalue weighted by Gasteiger charge is 2.19. The molecule has 0 aliphatic rings. The van der Waals surface area contributed by atoms with E-state index in [0.29, 0.717) is 45.0 Å². The van der Waals surface area contributed by atoms with E-state index in [1.807, 2.05) is 12.1 Å². The van der Waals surface area contributed by atoms with Crippen LogP contribution in [0.2, 0.25) is 0 Å². The van der Waals surface area contributed by atoms with Gasteiger partial charge in [-0.25, -0.2) is 23.1 Å². The largest absolute Gasteiger partial charge is 0.355 e. The number of nitrogens with zero attached hydrogens (tertiary/aromatic N) is 5. The third-order valence-electron chi connectivity index (χ3n) is 5.26. The maximum absolute atomic E-state index is 12.3. The highest BCUT2D eigenvalue weighted by molar-refractivity contribution is 7.92. The monoisotopic (exact) mass is 476 g/mol. The minimum Gasteiger partial charge on any atom is -0.355 e. The zero-order chi connectivity index (χ0) is 24.0. The minimum atomic E-state index is -3.43. The smallest absolute Gasteiger partial charge is 0.253 e. The average Bonchev–Trinajstić information content (AvgIpc) is 3.38. The molecule has 4 aromatic heterocycles. The molecule has 0 unspecified atom stereocenters. The van der Waals surface area contributed by atoms with E-state index in [4.69, 9.17) is 0 Å². The summed E-state index contributed by atoms with van der Waals surface area (Å²) in [5, 5.41) is 7.97. The van der Waals surface area contributed by atoms with Gasteiger partial charge in [0.1, 0.15) is 11.2 Å².